The van der Waals surface area contributed by atoms with Crippen molar-refractivity contribution in [1.82, 2.24) is 4.90 Å². The first kappa shape index (κ1) is 23.2. The van der Waals surface area contributed by atoms with E-state index >= 15 is 0 Å². The first-order valence-electron chi connectivity index (χ1n) is 11.0. The van der Waals surface area contributed by atoms with Gasteiger partial charge in [-0.1, -0.05) is 27.2 Å². The van der Waals surface area contributed by atoms with Crippen LogP contribution >= 0.6 is 0 Å². The maximum Gasteiger partial charge on any atom is 0.253 e. The van der Waals surface area contributed by atoms with Crippen molar-refractivity contribution in [1.29, 1.82) is 0 Å². The van der Waals surface area contributed by atoms with Crippen LogP contribution in [0.2, 0.25) is 0 Å². The summed E-state index contributed by atoms with van der Waals surface area (Å²) in [6.45, 7) is 8.61. The molecule has 1 aliphatic heterocycles. The predicted molar refractivity (Wildman–Crippen MR) is 120 cm³/mol. The minimum absolute atomic E-state index is 0.0728. The topological polar surface area (TPSA) is 105 Å². The van der Waals surface area contributed by atoms with Gasteiger partial charge in [0.25, 0.3) is 11.8 Å². The van der Waals surface area contributed by atoms with Gasteiger partial charge in [-0.2, -0.15) is 0 Å². The van der Waals surface area contributed by atoms with Crippen LogP contribution in [0.3, 0.4) is 0 Å². The number of carbonyl (C=O) groups is 3. The highest BCUT2D eigenvalue weighted by Gasteiger charge is 2.36. The Labute approximate surface area is 184 Å². The lowest BCUT2D eigenvalue weighted by Crippen LogP contribution is -2.55. The number of ether oxygens (including phenoxy) is 1. The van der Waals surface area contributed by atoms with Gasteiger partial charge in [0.05, 0.1) is 6.61 Å². The van der Waals surface area contributed by atoms with Crippen LogP contribution in [0.5, 0.6) is 0 Å². The molecule has 3 N–H and O–H groups in total. The first-order chi connectivity index (χ1) is 14.6. The lowest BCUT2D eigenvalue weighted by molar-refractivity contribution is -0.133. The molecule has 0 radical (unpaired) electrons. The van der Waals surface area contributed by atoms with E-state index in [1.54, 1.807) is 29.2 Å². The number of anilines is 2. The van der Waals surface area contributed by atoms with E-state index in [9.17, 15) is 14.4 Å². The third-order valence-corrected chi connectivity index (χ3v) is 5.71. The Balaban J connectivity index is 1.71. The van der Waals surface area contributed by atoms with E-state index in [1.165, 1.54) is 6.42 Å². The van der Waals surface area contributed by atoms with Crippen LogP contribution in [-0.4, -0.2) is 61.5 Å². The number of hydrogen-bond acceptors (Lipinski definition) is 5. The summed E-state index contributed by atoms with van der Waals surface area (Å²) in [4.78, 5) is 41.0. The Morgan fingerprint density at radius 3 is 2.45 bits per heavy atom. The molecule has 8 heteroatoms. The van der Waals surface area contributed by atoms with Gasteiger partial charge in [0, 0.05) is 31.0 Å². The van der Waals surface area contributed by atoms with Crippen molar-refractivity contribution in [2.75, 3.05) is 43.1 Å². The van der Waals surface area contributed by atoms with E-state index in [2.05, 4.69) is 26.1 Å². The Morgan fingerprint density at radius 2 is 1.94 bits per heavy atom. The van der Waals surface area contributed by atoms with E-state index < -0.39 is 17.9 Å². The van der Waals surface area contributed by atoms with Crippen LogP contribution in [-0.2, 0) is 19.1 Å². The molecule has 1 aliphatic carbocycles. The molecule has 0 aromatic heterocycles. The Bertz CT molecular complexity index is 799. The third kappa shape index (κ3) is 6.27. The summed E-state index contributed by atoms with van der Waals surface area (Å²) >= 11 is 0. The second-order valence-corrected chi connectivity index (χ2v) is 9.73. The molecule has 8 nitrogen and oxygen atoms in total. The number of morpholine rings is 1. The van der Waals surface area contributed by atoms with Crippen LogP contribution in [0.4, 0.5) is 11.4 Å². The van der Waals surface area contributed by atoms with Crippen molar-refractivity contribution in [3.63, 3.8) is 0 Å². The number of rotatable bonds is 8. The summed E-state index contributed by atoms with van der Waals surface area (Å²) in [7, 11) is 0. The zero-order valence-electron chi connectivity index (χ0n) is 18.7. The molecule has 31 heavy (non-hydrogen) atoms. The predicted octanol–water partition coefficient (Wildman–Crippen LogP) is 1.99. The molecule has 1 aromatic rings. The molecule has 2 aliphatic rings. The van der Waals surface area contributed by atoms with Gasteiger partial charge in [0.1, 0.15) is 6.61 Å². The highest BCUT2D eigenvalue weighted by atomic mass is 16.5. The second-order valence-electron chi connectivity index (χ2n) is 9.73. The van der Waals surface area contributed by atoms with E-state index in [0.29, 0.717) is 37.8 Å². The van der Waals surface area contributed by atoms with Crippen molar-refractivity contribution in [3.05, 3.63) is 24.3 Å². The van der Waals surface area contributed by atoms with Crippen molar-refractivity contribution in [2.24, 2.45) is 17.1 Å². The van der Waals surface area contributed by atoms with Gasteiger partial charge in [0.15, 0.2) is 6.04 Å². The quantitative estimate of drug-likeness (QED) is 0.614. The van der Waals surface area contributed by atoms with Gasteiger partial charge in [-0.25, -0.2) is 0 Å². The Morgan fingerprint density at radius 1 is 1.26 bits per heavy atom. The largest absolute Gasteiger partial charge is 0.370 e. The van der Waals surface area contributed by atoms with Crippen LogP contribution in [0.25, 0.3) is 0 Å². The van der Waals surface area contributed by atoms with E-state index in [-0.39, 0.29) is 17.9 Å². The monoisotopic (exact) mass is 430 g/mol. The van der Waals surface area contributed by atoms with Gasteiger partial charge >= 0.3 is 0 Å². The van der Waals surface area contributed by atoms with Crippen LogP contribution < -0.4 is 16.0 Å². The molecule has 2 fully saturated rings. The minimum Gasteiger partial charge on any atom is -0.370 e. The lowest BCUT2D eigenvalue weighted by Gasteiger charge is -2.38. The SMILES string of the molecule is CC(C)(C)CN(CC1CCC1)[C@@H](C(N)=O)C(=O)Nc1ccc(N2CCOCC2=O)cc1. The summed E-state index contributed by atoms with van der Waals surface area (Å²) in [5, 5.41) is 2.83. The lowest BCUT2D eigenvalue weighted by atomic mass is 9.84. The van der Waals surface area contributed by atoms with Gasteiger partial charge in [-0.3, -0.25) is 19.3 Å². The average Bonchev–Trinajstić information content (AvgIpc) is 2.64. The number of amides is 3. The fourth-order valence-corrected chi connectivity index (χ4v) is 4.08. The van der Waals surface area contributed by atoms with Crippen LogP contribution in [0.15, 0.2) is 24.3 Å². The molecule has 0 spiro atoms. The number of hydrogen-bond donors (Lipinski definition) is 2. The summed E-state index contributed by atoms with van der Waals surface area (Å²) in [5.74, 6) is -0.657. The minimum atomic E-state index is -1.03. The summed E-state index contributed by atoms with van der Waals surface area (Å²) < 4.78 is 5.16. The van der Waals surface area contributed by atoms with Crippen LogP contribution in [0.1, 0.15) is 40.0 Å². The molecule has 1 aromatic carbocycles. The van der Waals surface area contributed by atoms with Crippen molar-refractivity contribution < 1.29 is 19.1 Å². The highest BCUT2D eigenvalue weighted by Crippen LogP contribution is 2.29. The molecule has 3 amide bonds. The summed E-state index contributed by atoms with van der Waals surface area (Å²) in [6, 6.07) is 5.99. The molecule has 1 saturated carbocycles. The van der Waals surface area contributed by atoms with Gasteiger partial charge < -0.3 is 20.7 Å². The standard InChI is InChI=1S/C23H34N4O4/c1-23(2,3)15-26(13-16-5-4-6-16)20(21(24)29)22(30)25-17-7-9-18(10-8-17)27-11-12-31-14-19(27)28/h7-10,16,20H,4-6,11-15H2,1-3H3,(H2,24,29)(H,25,30)/t20-/m0/s1. The first-order valence-corrected chi connectivity index (χ1v) is 11.0. The normalized spacial score (nSPS) is 18.6. The number of benzene rings is 1. The van der Waals surface area contributed by atoms with Crippen molar-refractivity contribution >= 4 is 29.1 Å². The van der Waals surface area contributed by atoms with Gasteiger partial charge in [-0.05, 0) is 48.4 Å². The molecule has 0 bridgehead atoms. The average molecular weight is 431 g/mol. The highest BCUT2D eigenvalue weighted by molar-refractivity contribution is 6.09. The molecular formula is C23H34N4O4. The number of nitrogens with two attached hydrogens (primary N) is 1. The summed E-state index contributed by atoms with van der Waals surface area (Å²) in [6.07, 6.45) is 3.43. The molecule has 170 valence electrons. The van der Waals surface area contributed by atoms with E-state index in [1.807, 2.05) is 4.90 Å². The molecule has 1 saturated heterocycles. The summed E-state index contributed by atoms with van der Waals surface area (Å²) in [5.41, 5.74) is 6.91. The third-order valence-electron chi connectivity index (χ3n) is 5.71. The Kier molecular flexibility index (Phi) is 7.33. The number of carbonyl (C=O) groups excluding carboxylic acids is 3. The van der Waals surface area contributed by atoms with Gasteiger partial charge in [0.2, 0.25) is 5.91 Å². The van der Waals surface area contributed by atoms with Crippen LogP contribution in [0, 0.1) is 11.3 Å². The fourth-order valence-electron chi connectivity index (χ4n) is 4.08. The molecule has 1 atom stereocenters. The van der Waals surface area contributed by atoms with Crippen molar-refractivity contribution in [2.45, 2.75) is 46.1 Å². The Hall–Kier alpha value is -2.45. The van der Waals surface area contributed by atoms with Gasteiger partial charge in [-0.15, -0.1) is 0 Å². The number of primary amides is 1. The van der Waals surface area contributed by atoms with E-state index in [4.69, 9.17) is 10.5 Å². The number of nitrogens with one attached hydrogen (secondary N) is 1. The zero-order valence-corrected chi connectivity index (χ0v) is 18.7. The molecule has 0 unspecified atom stereocenters. The van der Waals surface area contributed by atoms with Crippen molar-refractivity contribution in [3.8, 4) is 0 Å². The zero-order chi connectivity index (χ0) is 22.6. The fraction of sp³-hybridized carbons (Fsp3) is 0.609. The molecule has 3 rings (SSSR count). The maximum absolute atomic E-state index is 13.1. The van der Waals surface area contributed by atoms with E-state index in [0.717, 1.165) is 18.5 Å². The second kappa shape index (κ2) is 9.78. The molecular weight excluding hydrogens is 396 g/mol. The number of nitrogens with zero attached hydrogens (tertiary/aromatic N) is 2. The smallest absolute Gasteiger partial charge is 0.253 e. The maximum atomic E-state index is 13.1. The molecule has 1 heterocycles.